The van der Waals surface area contributed by atoms with Gasteiger partial charge in [-0.1, -0.05) is 30.3 Å². The number of methoxy groups -OCH3 is 2. The van der Waals surface area contributed by atoms with Crippen molar-refractivity contribution in [3.63, 3.8) is 0 Å². The molecule has 6 heteroatoms. The quantitative estimate of drug-likeness (QED) is 0.671. The third kappa shape index (κ3) is 5.50. The fourth-order valence-corrected chi connectivity index (χ4v) is 3.60. The van der Waals surface area contributed by atoms with Crippen molar-refractivity contribution in [2.45, 2.75) is 19.3 Å². The van der Waals surface area contributed by atoms with Crippen LogP contribution >= 0.6 is 0 Å². The van der Waals surface area contributed by atoms with Crippen LogP contribution in [0.3, 0.4) is 0 Å². The summed E-state index contributed by atoms with van der Waals surface area (Å²) in [5, 5.41) is 0. The number of amides is 1. The highest BCUT2D eigenvalue weighted by Gasteiger charge is 2.24. The van der Waals surface area contributed by atoms with Crippen molar-refractivity contribution in [3.8, 4) is 11.5 Å². The minimum Gasteiger partial charge on any atom is -0.497 e. The van der Waals surface area contributed by atoms with Crippen LogP contribution in [0.4, 0.5) is 0 Å². The first-order chi connectivity index (χ1) is 14.1. The SMILES string of the molecule is COc1ccc(C(=O)OCC(=O)N2CCC(Cc3ccccc3)CC2)c(OC)c1. The summed E-state index contributed by atoms with van der Waals surface area (Å²) in [6.45, 7) is 1.12. The highest BCUT2D eigenvalue weighted by atomic mass is 16.5. The molecule has 0 radical (unpaired) electrons. The first kappa shape index (κ1) is 20.7. The maximum absolute atomic E-state index is 12.5. The molecule has 3 rings (SSSR count). The average molecular weight is 397 g/mol. The van der Waals surface area contributed by atoms with Crippen molar-refractivity contribution in [2.24, 2.45) is 5.92 Å². The van der Waals surface area contributed by atoms with Crippen molar-refractivity contribution < 1.29 is 23.8 Å². The number of esters is 1. The van der Waals surface area contributed by atoms with Gasteiger partial charge in [0, 0.05) is 19.2 Å². The Labute approximate surface area is 171 Å². The smallest absolute Gasteiger partial charge is 0.342 e. The van der Waals surface area contributed by atoms with E-state index in [1.165, 1.54) is 19.8 Å². The third-order valence-electron chi connectivity index (χ3n) is 5.29. The molecule has 0 unspecified atom stereocenters. The summed E-state index contributed by atoms with van der Waals surface area (Å²) >= 11 is 0. The van der Waals surface area contributed by atoms with Crippen LogP contribution in [0, 0.1) is 5.92 Å². The molecule has 0 N–H and O–H groups in total. The molecule has 0 saturated carbocycles. The minimum absolute atomic E-state index is 0.163. The van der Waals surface area contributed by atoms with Gasteiger partial charge in [0.05, 0.1) is 14.2 Å². The summed E-state index contributed by atoms with van der Waals surface area (Å²) in [6.07, 6.45) is 2.96. The molecule has 154 valence electrons. The predicted octanol–water partition coefficient (Wildman–Crippen LogP) is 3.34. The lowest BCUT2D eigenvalue weighted by molar-refractivity contribution is -0.135. The van der Waals surface area contributed by atoms with E-state index in [2.05, 4.69) is 24.3 Å². The van der Waals surface area contributed by atoms with Gasteiger partial charge in [0.25, 0.3) is 5.91 Å². The second-order valence-electron chi connectivity index (χ2n) is 7.16. The van der Waals surface area contributed by atoms with Gasteiger partial charge in [0.1, 0.15) is 17.1 Å². The Morgan fingerprint density at radius 3 is 2.38 bits per heavy atom. The van der Waals surface area contributed by atoms with Crippen molar-refractivity contribution >= 4 is 11.9 Å². The number of benzene rings is 2. The number of rotatable bonds is 7. The van der Waals surface area contributed by atoms with E-state index < -0.39 is 5.97 Å². The molecule has 2 aromatic rings. The minimum atomic E-state index is -0.586. The standard InChI is InChI=1S/C23H27NO5/c1-27-19-8-9-20(21(15-19)28-2)23(26)29-16-22(25)24-12-10-18(11-13-24)14-17-6-4-3-5-7-17/h3-9,15,18H,10-14,16H2,1-2H3. The van der Waals surface area contributed by atoms with Crippen LogP contribution in [0.15, 0.2) is 48.5 Å². The van der Waals surface area contributed by atoms with Gasteiger partial charge in [-0.3, -0.25) is 4.79 Å². The number of nitrogens with zero attached hydrogens (tertiary/aromatic N) is 1. The topological polar surface area (TPSA) is 65.1 Å². The zero-order valence-electron chi connectivity index (χ0n) is 16.9. The lowest BCUT2D eigenvalue weighted by Gasteiger charge is -2.32. The number of hydrogen-bond donors (Lipinski definition) is 0. The van der Waals surface area contributed by atoms with Crippen LogP contribution in [-0.4, -0.2) is 50.7 Å². The fraction of sp³-hybridized carbons (Fsp3) is 0.391. The summed E-state index contributed by atoms with van der Waals surface area (Å²) in [5.74, 6) is 0.754. The molecular formula is C23H27NO5. The molecule has 1 fully saturated rings. The molecule has 0 atom stereocenters. The van der Waals surface area contributed by atoms with E-state index in [1.807, 2.05) is 6.07 Å². The monoisotopic (exact) mass is 397 g/mol. The Kier molecular flexibility index (Phi) is 7.11. The summed E-state index contributed by atoms with van der Waals surface area (Å²) in [4.78, 5) is 26.6. The van der Waals surface area contributed by atoms with Crippen LogP contribution in [0.1, 0.15) is 28.8 Å². The van der Waals surface area contributed by atoms with E-state index in [-0.39, 0.29) is 18.1 Å². The molecule has 6 nitrogen and oxygen atoms in total. The first-order valence-corrected chi connectivity index (χ1v) is 9.81. The van der Waals surface area contributed by atoms with Gasteiger partial charge >= 0.3 is 5.97 Å². The molecule has 0 bridgehead atoms. The van der Waals surface area contributed by atoms with Crippen molar-refractivity contribution in [2.75, 3.05) is 33.9 Å². The number of hydrogen-bond acceptors (Lipinski definition) is 5. The number of likely N-dealkylation sites (tertiary alicyclic amines) is 1. The fourth-order valence-electron chi connectivity index (χ4n) is 3.60. The second-order valence-corrected chi connectivity index (χ2v) is 7.16. The van der Waals surface area contributed by atoms with Crippen LogP contribution in [0.2, 0.25) is 0 Å². The second kappa shape index (κ2) is 9.96. The Morgan fingerprint density at radius 1 is 1.00 bits per heavy atom. The van der Waals surface area contributed by atoms with E-state index in [1.54, 1.807) is 23.1 Å². The summed E-state index contributed by atoms with van der Waals surface area (Å²) in [7, 11) is 3.00. The Bertz CT molecular complexity index is 828. The van der Waals surface area contributed by atoms with E-state index >= 15 is 0 Å². The van der Waals surface area contributed by atoms with Crippen LogP contribution in [0.5, 0.6) is 11.5 Å². The molecule has 1 amide bonds. The van der Waals surface area contributed by atoms with E-state index in [0.29, 0.717) is 30.5 Å². The van der Waals surface area contributed by atoms with Crippen LogP contribution < -0.4 is 9.47 Å². The summed E-state index contributed by atoms with van der Waals surface area (Å²) in [5.41, 5.74) is 1.60. The molecule has 1 heterocycles. The zero-order valence-corrected chi connectivity index (χ0v) is 16.9. The van der Waals surface area contributed by atoms with E-state index in [9.17, 15) is 9.59 Å². The number of carbonyl (C=O) groups excluding carboxylic acids is 2. The normalized spacial score (nSPS) is 14.3. The van der Waals surface area contributed by atoms with Crippen molar-refractivity contribution in [3.05, 3.63) is 59.7 Å². The predicted molar refractivity (Wildman–Crippen MR) is 109 cm³/mol. The van der Waals surface area contributed by atoms with Gasteiger partial charge in [-0.25, -0.2) is 4.79 Å². The van der Waals surface area contributed by atoms with Crippen molar-refractivity contribution in [1.82, 2.24) is 4.90 Å². The highest BCUT2D eigenvalue weighted by Crippen LogP contribution is 2.25. The largest absolute Gasteiger partial charge is 0.497 e. The van der Waals surface area contributed by atoms with Crippen LogP contribution in [0.25, 0.3) is 0 Å². The molecule has 1 saturated heterocycles. The van der Waals surface area contributed by atoms with Gasteiger partial charge in [0.2, 0.25) is 0 Å². The summed E-state index contributed by atoms with van der Waals surface area (Å²) < 4.78 is 15.6. The molecule has 1 aliphatic rings. The van der Waals surface area contributed by atoms with Gasteiger partial charge in [-0.15, -0.1) is 0 Å². The molecule has 29 heavy (non-hydrogen) atoms. The van der Waals surface area contributed by atoms with E-state index in [4.69, 9.17) is 14.2 Å². The lowest BCUT2D eigenvalue weighted by Crippen LogP contribution is -2.41. The molecule has 0 spiro atoms. The number of carbonyl (C=O) groups is 2. The highest BCUT2D eigenvalue weighted by molar-refractivity contribution is 5.94. The Balaban J connectivity index is 1.47. The lowest BCUT2D eigenvalue weighted by atomic mass is 9.90. The molecule has 1 aliphatic heterocycles. The van der Waals surface area contributed by atoms with Gasteiger partial charge in [0.15, 0.2) is 6.61 Å². The van der Waals surface area contributed by atoms with Gasteiger partial charge < -0.3 is 19.1 Å². The molecular weight excluding hydrogens is 370 g/mol. The van der Waals surface area contributed by atoms with Gasteiger partial charge in [-0.05, 0) is 42.9 Å². The average Bonchev–Trinajstić information content (AvgIpc) is 2.78. The van der Waals surface area contributed by atoms with Crippen LogP contribution in [-0.2, 0) is 16.0 Å². The summed E-state index contributed by atoms with van der Waals surface area (Å²) in [6, 6.07) is 15.2. The molecule has 0 aliphatic carbocycles. The first-order valence-electron chi connectivity index (χ1n) is 9.81. The van der Waals surface area contributed by atoms with E-state index in [0.717, 1.165) is 19.3 Å². The Morgan fingerprint density at radius 2 is 1.72 bits per heavy atom. The molecule has 2 aromatic carbocycles. The van der Waals surface area contributed by atoms with Gasteiger partial charge in [-0.2, -0.15) is 0 Å². The maximum Gasteiger partial charge on any atom is 0.342 e. The third-order valence-corrected chi connectivity index (χ3v) is 5.29. The van der Waals surface area contributed by atoms with Crippen molar-refractivity contribution in [1.29, 1.82) is 0 Å². The number of piperidine rings is 1. The number of ether oxygens (including phenoxy) is 3. The Hall–Kier alpha value is -3.02. The molecule has 0 aromatic heterocycles. The maximum atomic E-state index is 12.5. The zero-order chi connectivity index (χ0) is 20.6.